The van der Waals surface area contributed by atoms with Gasteiger partial charge >= 0.3 is 5.97 Å². The van der Waals surface area contributed by atoms with Gasteiger partial charge in [0.25, 0.3) is 0 Å². The second kappa shape index (κ2) is 8.31. The Morgan fingerprint density at radius 1 is 1.39 bits per heavy atom. The highest BCUT2D eigenvalue weighted by atomic mass is 32.1. The van der Waals surface area contributed by atoms with Gasteiger partial charge in [0.1, 0.15) is 6.04 Å². The highest BCUT2D eigenvalue weighted by Gasteiger charge is 2.25. The molecule has 1 amide bonds. The molecule has 1 aromatic carbocycles. The van der Waals surface area contributed by atoms with E-state index < -0.39 is 12.0 Å². The molecule has 7 heteroatoms. The minimum Gasteiger partial charge on any atom is -0.480 e. The maximum atomic E-state index is 12.2. The molecule has 2 atom stereocenters. The molecular weight excluding hydrogens is 332 g/mol. The third kappa shape index (κ3) is 4.68. The SMILES string of the molecule is CCCC(CS)C(=O)NC(Cc1nc2ccccc2s1)C(=O)O. The number of carboxylic acids is 1. The second-order valence-electron chi connectivity index (χ2n) is 5.35. The van der Waals surface area contributed by atoms with Gasteiger partial charge in [-0.25, -0.2) is 9.78 Å². The Kier molecular flexibility index (Phi) is 6.41. The summed E-state index contributed by atoms with van der Waals surface area (Å²) in [5, 5.41) is 12.7. The number of rotatable bonds is 8. The molecule has 0 radical (unpaired) electrons. The molecule has 0 aliphatic heterocycles. The molecule has 0 saturated heterocycles. The number of carbonyl (C=O) groups is 2. The van der Waals surface area contributed by atoms with Gasteiger partial charge < -0.3 is 10.4 Å². The summed E-state index contributed by atoms with van der Waals surface area (Å²) in [5.41, 5.74) is 0.849. The fourth-order valence-corrected chi connectivity index (χ4v) is 3.69. The summed E-state index contributed by atoms with van der Waals surface area (Å²) in [4.78, 5) is 28.1. The van der Waals surface area contributed by atoms with Crippen LogP contribution in [-0.2, 0) is 16.0 Å². The van der Waals surface area contributed by atoms with Gasteiger partial charge in [-0.05, 0) is 18.6 Å². The zero-order valence-electron chi connectivity index (χ0n) is 12.9. The number of nitrogens with zero attached hydrogens (tertiary/aromatic N) is 1. The van der Waals surface area contributed by atoms with Crippen molar-refractivity contribution in [1.82, 2.24) is 10.3 Å². The zero-order valence-corrected chi connectivity index (χ0v) is 14.6. The Morgan fingerprint density at radius 3 is 2.74 bits per heavy atom. The summed E-state index contributed by atoms with van der Waals surface area (Å²) in [6.07, 6.45) is 1.74. The topological polar surface area (TPSA) is 79.3 Å². The Balaban J connectivity index is 2.09. The van der Waals surface area contributed by atoms with E-state index in [1.165, 1.54) is 11.3 Å². The van der Waals surface area contributed by atoms with Crippen LogP contribution < -0.4 is 5.32 Å². The van der Waals surface area contributed by atoms with Crippen LogP contribution in [0.25, 0.3) is 10.2 Å². The number of carbonyl (C=O) groups excluding carboxylic acids is 1. The number of nitrogens with one attached hydrogen (secondary N) is 1. The normalized spacial score (nSPS) is 13.7. The van der Waals surface area contributed by atoms with Crippen LogP contribution in [0.4, 0.5) is 0 Å². The van der Waals surface area contributed by atoms with Crippen molar-refractivity contribution >= 4 is 46.1 Å². The molecule has 2 aromatic rings. The van der Waals surface area contributed by atoms with Gasteiger partial charge in [0, 0.05) is 18.1 Å². The number of thiol groups is 1. The van der Waals surface area contributed by atoms with Gasteiger partial charge in [0.05, 0.1) is 15.2 Å². The summed E-state index contributed by atoms with van der Waals surface area (Å²) in [6, 6.07) is 6.68. The van der Waals surface area contributed by atoms with E-state index in [1.807, 2.05) is 31.2 Å². The van der Waals surface area contributed by atoms with Crippen molar-refractivity contribution in [3.63, 3.8) is 0 Å². The number of hydrogen-bond acceptors (Lipinski definition) is 5. The van der Waals surface area contributed by atoms with E-state index in [0.717, 1.165) is 16.6 Å². The average Bonchev–Trinajstić information content (AvgIpc) is 2.94. The highest BCUT2D eigenvalue weighted by molar-refractivity contribution is 7.80. The number of amides is 1. The lowest BCUT2D eigenvalue weighted by molar-refractivity contribution is -0.142. The molecule has 2 N–H and O–H groups in total. The molecule has 0 fully saturated rings. The minimum absolute atomic E-state index is 0.186. The predicted molar refractivity (Wildman–Crippen MR) is 95.1 cm³/mol. The van der Waals surface area contributed by atoms with E-state index in [-0.39, 0.29) is 18.2 Å². The third-order valence-electron chi connectivity index (χ3n) is 3.56. The summed E-state index contributed by atoms with van der Waals surface area (Å²) < 4.78 is 1.01. The van der Waals surface area contributed by atoms with Crippen LogP contribution in [-0.4, -0.2) is 33.8 Å². The van der Waals surface area contributed by atoms with Gasteiger partial charge in [-0.1, -0.05) is 25.5 Å². The fraction of sp³-hybridized carbons (Fsp3) is 0.438. The molecule has 2 unspecified atom stereocenters. The van der Waals surface area contributed by atoms with Gasteiger partial charge in [0.2, 0.25) is 5.91 Å². The lowest BCUT2D eigenvalue weighted by Gasteiger charge is -2.18. The molecule has 0 aliphatic carbocycles. The quantitative estimate of drug-likeness (QED) is 0.638. The Hall–Kier alpha value is -1.60. The van der Waals surface area contributed by atoms with Crippen molar-refractivity contribution in [3.05, 3.63) is 29.3 Å². The number of para-hydroxylation sites is 1. The Morgan fingerprint density at radius 2 is 2.13 bits per heavy atom. The van der Waals surface area contributed by atoms with Gasteiger partial charge in [-0.3, -0.25) is 4.79 Å². The standard InChI is InChI=1S/C16H20N2O3S2/c1-2-5-10(9-22)15(19)18-12(16(20)21)8-14-17-11-6-3-4-7-13(11)23-14/h3-4,6-7,10,12,22H,2,5,8-9H2,1H3,(H,18,19)(H,20,21). The molecule has 2 rings (SSSR count). The molecule has 124 valence electrons. The summed E-state index contributed by atoms with van der Waals surface area (Å²) in [7, 11) is 0. The third-order valence-corrected chi connectivity index (χ3v) is 5.06. The fourth-order valence-electron chi connectivity index (χ4n) is 2.33. The average molecular weight is 352 g/mol. The van der Waals surface area contributed by atoms with Crippen molar-refractivity contribution in [2.75, 3.05) is 5.75 Å². The first-order valence-corrected chi connectivity index (χ1v) is 8.98. The number of thiazole rings is 1. The van der Waals surface area contributed by atoms with Crippen LogP contribution in [0.3, 0.4) is 0 Å². The van der Waals surface area contributed by atoms with Crippen LogP contribution in [0.1, 0.15) is 24.8 Å². The largest absolute Gasteiger partial charge is 0.480 e. The monoisotopic (exact) mass is 352 g/mol. The Bertz CT molecular complexity index is 654. The number of fused-ring (bicyclic) bond motifs is 1. The van der Waals surface area contributed by atoms with Gasteiger partial charge in [-0.15, -0.1) is 11.3 Å². The lowest BCUT2D eigenvalue weighted by Crippen LogP contribution is -2.45. The maximum Gasteiger partial charge on any atom is 0.326 e. The molecule has 0 aliphatic rings. The molecule has 0 spiro atoms. The van der Waals surface area contributed by atoms with Crippen molar-refractivity contribution in [2.24, 2.45) is 5.92 Å². The van der Waals surface area contributed by atoms with Crippen LogP contribution in [0.2, 0.25) is 0 Å². The molecule has 1 aromatic heterocycles. The molecular formula is C16H20N2O3S2. The van der Waals surface area contributed by atoms with E-state index in [4.69, 9.17) is 0 Å². The molecule has 0 saturated carbocycles. The number of aliphatic carboxylic acids is 1. The molecule has 1 heterocycles. The molecule has 0 bridgehead atoms. The van der Waals surface area contributed by atoms with Crippen LogP contribution in [0.5, 0.6) is 0 Å². The highest BCUT2D eigenvalue weighted by Crippen LogP contribution is 2.22. The molecule has 23 heavy (non-hydrogen) atoms. The summed E-state index contributed by atoms with van der Waals surface area (Å²) in [5.74, 6) is -1.16. The van der Waals surface area contributed by atoms with Crippen LogP contribution >= 0.6 is 24.0 Å². The first-order valence-electron chi connectivity index (χ1n) is 7.53. The van der Waals surface area contributed by atoms with E-state index in [1.54, 1.807) is 0 Å². The number of aromatic nitrogens is 1. The summed E-state index contributed by atoms with van der Waals surface area (Å²) >= 11 is 5.63. The number of benzene rings is 1. The second-order valence-corrected chi connectivity index (χ2v) is 6.83. The van der Waals surface area contributed by atoms with Crippen molar-refractivity contribution in [3.8, 4) is 0 Å². The minimum atomic E-state index is -1.05. The van der Waals surface area contributed by atoms with Crippen molar-refractivity contribution < 1.29 is 14.7 Å². The first-order chi connectivity index (χ1) is 11.0. The predicted octanol–water partition coefficient (Wildman–Crippen LogP) is 2.75. The zero-order chi connectivity index (χ0) is 16.8. The smallest absolute Gasteiger partial charge is 0.326 e. The van der Waals surface area contributed by atoms with Gasteiger partial charge in [-0.2, -0.15) is 12.6 Å². The van der Waals surface area contributed by atoms with Gasteiger partial charge in [0.15, 0.2) is 0 Å². The van der Waals surface area contributed by atoms with E-state index >= 15 is 0 Å². The van der Waals surface area contributed by atoms with E-state index in [0.29, 0.717) is 17.2 Å². The first kappa shape index (κ1) is 17.7. The maximum absolute atomic E-state index is 12.2. The van der Waals surface area contributed by atoms with Crippen LogP contribution in [0.15, 0.2) is 24.3 Å². The van der Waals surface area contributed by atoms with Crippen molar-refractivity contribution in [1.29, 1.82) is 0 Å². The van der Waals surface area contributed by atoms with Crippen molar-refractivity contribution in [2.45, 2.75) is 32.2 Å². The number of hydrogen-bond donors (Lipinski definition) is 3. The molecule has 5 nitrogen and oxygen atoms in total. The van der Waals surface area contributed by atoms with E-state index in [2.05, 4.69) is 22.9 Å². The summed E-state index contributed by atoms with van der Waals surface area (Å²) in [6.45, 7) is 1.99. The van der Waals surface area contributed by atoms with Crippen LogP contribution in [0, 0.1) is 5.92 Å². The van der Waals surface area contributed by atoms with E-state index in [9.17, 15) is 14.7 Å². The Labute approximate surface area is 144 Å². The number of carboxylic acid groups (broad SMARTS) is 1. The lowest BCUT2D eigenvalue weighted by atomic mass is 10.0.